The molecule has 0 saturated heterocycles. The minimum atomic E-state index is -2.36. The number of hydrogen-bond acceptors (Lipinski definition) is 3. The molecule has 0 saturated carbocycles. The van der Waals surface area contributed by atoms with Crippen molar-refractivity contribution >= 4 is 18.4 Å². The van der Waals surface area contributed by atoms with Gasteiger partial charge in [-0.2, -0.15) is 0 Å². The van der Waals surface area contributed by atoms with Crippen LogP contribution in [-0.2, 0) is 20.8 Å². The summed E-state index contributed by atoms with van der Waals surface area (Å²) in [6, 6.07) is 10.5. The summed E-state index contributed by atoms with van der Waals surface area (Å²) < 4.78 is 22.0. The molecule has 31 heavy (non-hydrogen) atoms. The first-order valence-corrected chi connectivity index (χ1v) is 20.3. The van der Waals surface area contributed by atoms with Crippen LogP contribution in [0.4, 0.5) is 0 Å². The summed E-state index contributed by atoms with van der Waals surface area (Å²) in [5.74, 6) is 0. The van der Waals surface area contributed by atoms with E-state index in [0.29, 0.717) is 13.4 Å². The van der Waals surface area contributed by atoms with Gasteiger partial charge in [0, 0.05) is 0 Å². The van der Waals surface area contributed by atoms with Crippen molar-refractivity contribution < 1.29 is 14.2 Å². The Bertz CT molecular complexity index is 525. The van der Waals surface area contributed by atoms with E-state index < -0.39 is 18.4 Å². The van der Waals surface area contributed by atoms with Crippen molar-refractivity contribution in [2.45, 2.75) is 96.0 Å². The van der Waals surface area contributed by atoms with Crippen molar-refractivity contribution in [2.24, 2.45) is 0 Å². The molecule has 0 bridgehead atoms. The van der Waals surface area contributed by atoms with Crippen LogP contribution >= 0.6 is 0 Å². The van der Waals surface area contributed by atoms with Gasteiger partial charge in [0.15, 0.2) is 0 Å². The Morgan fingerprint density at radius 3 is 2.03 bits per heavy atom. The minimum absolute atomic E-state index is 0.338. The van der Waals surface area contributed by atoms with Crippen molar-refractivity contribution in [2.75, 3.05) is 20.5 Å². The molecule has 0 heterocycles. The van der Waals surface area contributed by atoms with Crippen molar-refractivity contribution in [3.05, 3.63) is 48.2 Å². The number of ether oxygens (including phenoxy) is 3. The van der Waals surface area contributed by atoms with E-state index in [4.69, 9.17) is 14.2 Å². The maximum absolute atomic E-state index is 6.02. The summed E-state index contributed by atoms with van der Waals surface area (Å²) >= 11 is -2.36. The molecule has 1 rings (SSSR count). The van der Waals surface area contributed by atoms with Crippen LogP contribution in [0.15, 0.2) is 42.7 Å². The summed E-state index contributed by atoms with van der Waals surface area (Å²) in [4.78, 5) is 0. The molecule has 1 aromatic rings. The fourth-order valence-corrected chi connectivity index (χ4v) is 22.6. The number of unbranched alkanes of at least 4 members (excludes halogenated alkanes) is 3. The second-order valence-electron chi connectivity index (χ2n) is 8.86. The predicted octanol–water partition coefficient (Wildman–Crippen LogP) is 8.34. The van der Waals surface area contributed by atoms with Crippen molar-refractivity contribution in [1.29, 1.82) is 0 Å². The zero-order valence-corrected chi connectivity index (χ0v) is 23.6. The Morgan fingerprint density at radius 2 is 1.48 bits per heavy atom. The average Bonchev–Trinajstić information content (AvgIpc) is 2.81. The van der Waals surface area contributed by atoms with E-state index in [2.05, 4.69) is 57.2 Å². The van der Waals surface area contributed by atoms with Crippen LogP contribution in [0, 0.1) is 0 Å². The molecule has 3 nitrogen and oxygen atoms in total. The van der Waals surface area contributed by atoms with Gasteiger partial charge in [0.05, 0.1) is 0 Å². The van der Waals surface area contributed by atoms with E-state index in [-0.39, 0.29) is 0 Å². The molecule has 178 valence electrons. The zero-order chi connectivity index (χ0) is 22.6. The molecule has 0 aliphatic carbocycles. The molecule has 1 aromatic carbocycles. The van der Waals surface area contributed by atoms with Crippen molar-refractivity contribution in [1.82, 2.24) is 0 Å². The maximum atomic E-state index is 6.02. The summed E-state index contributed by atoms with van der Waals surface area (Å²) in [5, 5.41) is 0. The van der Waals surface area contributed by atoms with Crippen LogP contribution in [0.25, 0.3) is 0 Å². The number of allylic oxidation sites excluding steroid dienone is 1. The monoisotopic (exact) mass is 540 g/mol. The van der Waals surface area contributed by atoms with Gasteiger partial charge in [-0.15, -0.1) is 0 Å². The topological polar surface area (TPSA) is 27.7 Å². The van der Waals surface area contributed by atoms with E-state index in [1.165, 1.54) is 63.8 Å². The molecule has 0 aromatic heterocycles. The number of hydrogen-bond donors (Lipinski definition) is 0. The van der Waals surface area contributed by atoms with Gasteiger partial charge >= 0.3 is 197 Å². The molecular formula is C27H48O3Sn. The van der Waals surface area contributed by atoms with Gasteiger partial charge in [-0.3, -0.25) is 0 Å². The van der Waals surface area contributed by atoms with Gasteiger partial charge in [0.2, 0.25) is 0 Å². The van der Waals surface area contributed by atoms with Crippen LogP contribution < -0.4 is 0 Å². The quantitative estimate of drug-likeness (QED) is 0.0722. The molecule has 0 unspecified atom stereocenters. The van der Waals surface area contributed by atoms with Crippen LogP contribution in [0.5, 0.6) is 0 Å². The Morgan fingerprint density at radius 1 is 0.871 bits per heavy atom. The second kappa shape index (κ2) is 19.0. The summed E-state index contributed by atoms with van der Waals surface area (Å²) in [6.45, 7) is 8.94. The fourth-order valence-electron chi connectivity index (χ4n) is 4.55. The molecular weight excluding hydrogens is 491 g/mol. The van der Waals surface area contributed by atoms with Crippen LogP contribution in [0.2, 0.25) is 17.2 Å². The number of rotatable bonds is 20. The Hall–Kier alpha value is -0.521. The Kier molecular flexibility index (Phi) is 17.5. The van der Waals surface area contributed by atoms with Gasteiger partial charge < -0.3 is 0 Å². The van der Waals surface area contributed by atoms with Crippen LogP contribution in [0.3, 0.4) is 0 Å². The third-order valence-corrected chi connectivity index (χ3v) is 23.8. The first-order chi connectivity index (χ1) is 15.2. The zero-order valence-electron chi connectivity index (χ0n) is 20.7. The SMILES string of the molecule is CCC[CH2][Sn]([CH2]CCC)([CH2]CCC)[C@H](/C=C\OCOC)CCCOCc1ccccc1. The van der Waals surface area contributed by atoms with E-state index >= 15 is 0 Å². The van der Waals surface area contributed by atoms with Crippen LogP contribution in [-0.4, -0.2) is 38.9 Å². The molecule has 0 N–H and O–H groups in total. The Balaban J connectivity index is 2.82. The second-order valence-corrected chi connectivity index (χ2v) is 23.0. The first-order valence-electron chi connectivity index (χ1n) is 12.6. The standard InChI is InChI=1S/C15H21O3.3C4H9.Sn/c1-16-14-18-12-8-3-2-7-11-17-13-15-9-5-4-6-10-15;3*1-3-4-2;/h3-6,8-10,12H,2,7,11,13-14H2,1H3;3*1,3-4H2,2H3;/b12-8-;;;;. The normalized spacial score (nSPS) is 13.0. The van der Waals surface area contributed by atoms with E-state index in [0.717, 1.165) is 17.0 Å². The number of benzene rings is 1. The van der Waals surface area contributed by atoms with Crippen LogP contribution in [0.1, 0.15) is 77.7 Å². The third kappa shape index (κ3) is 12.3. The van der Waals surface area contributed by atoms with Gasteiger partial charge in [-0.25, -0.2) is 0 Å². The third-order valence-electron chi connectivity index (χ3n) is 6.38. The summed E-state index contributed by atoms with van der Waals surface area (Å²) in [5.41, 5.74) is 1.26. The molecule has 0 spiro atoms. The molecule has 4 heteroatoms. The Labute approximate surface area is 196 Å². The molecule has 0 aliphatic heterocycles. The van der Waals surface area contributed by atoms with Crippen molar-refractivity contribution in [3.63, 3.8) is 0 Å². The molecule has 0 aliphatic rings. The molecule has 0 radical (unpaired) electrons. The molecule has 0 fully saturated rings. The molecule has 1 atom stereocenters. The predicted molar refractivity (Wildman–Crippen MR) is 136 cm³/mol. The first kappa shape index (κ1) is 28.5. The van der Waals surface area contributed by atoms with Gasteiger partial charge in [-0.05, 0) is 0 Å². The van der Waals surface area contributed by atoms with Gasteiger partial charge in [0.1, 0.15) is 0 Å². The van der Waals surface area contributed by atoms with E-state index in [1.807, 2.05) is 6.26 Å². The summed E-state index contributed by atoms with van der Waals surface area (Å²) in [6.07, 6.45) is 14.9. The van der Waals surface area contributed by atoms with Crippen molar-refractivity contribution in [3.8, 4) is 0 Å². The fraction of sp³-hybridized carbons (Fsp3) is 0.704. The number of methoxy groups -OCH3 is 1. The van der Waals surface area contributed by atoms with Gasteiger partial charge in [-0.1, -0.05) is 0 Å². The van der Waals surface area contributed by atoms with Gasteiger partial charge in [0.25, 0.3) is 0 Å². The van der Waals surface area contributed by atoms with E-state index in [9.17, 15) is 0 Å². The average molecular weight is 539 g/mol. The summed E-state index contributed by atoms with van der Waals surface area (Å²) in [7, 11) is 1.68. The van der Waals surface area contributed by atoms with E-state index in [1.54, 1.807) is 7.11 Å². The molecule has 0 amide bonds.